The Morgan fingerprint density at radius 1 is 1.67 bits per heavy atom. The summed E-state index contributed by atoms with van der Waals surface area (Å²) >= 11 is 0. The molecule has 0 aromatic rings. The third-order valence-electron chi connectivity index (χ3n) is 1.96. The molecule has 1 atom stereocenters. The van der Waals surface area contributed by atoms with Crippen molar-refractivity contribution in [2.75, 3.05) is 13.2 Å². The number of nitrogens with two attached hydrogens (primary N) is 1. The number of nitrogens with one attached hydrogen (secondary N) is 1. The molecule has 4 heteroatoms. The van der Waals surface area contributed by atoms with Crippen molar-refractivity contribution in [3.8, 4) is 0 Å². The van der Waals surface area contributed by atoms with Crippen LogP contribution in [0.4, 0.5) is 0 Å². The van der Waals surface area contributed by atoms with Gasteiger partial charge in [-0.05, 0) is 26.2 Å². The van der Waals surface area contributed by atoms with Gasteiger partial charge in [-0.25, -0.2) is 5.84 Å². The zero-order chi connectivity index (χ0) is 8.81. The molecule has 0 saturated carbocycles. The molecular formula is C8H17N3O. The highest BCUT2D eigenvalue weighted by Gasteiger charge is 2.18. The summed E-state index contributed by atoms with van der Waals surface area (Å²) in [5.41, 5.74) is 2.60. The van der Waals surface area contributed by atoms with E-state index in [1.54, 1.807) is 0 Å². The van der Waals surface area contributed by atoms with Crippen molar-refractivity contribution in [1.82, 2.24) is 5.43 Å². The van der Waals surface area contributed by atoms with Gasteiger partial charge in [-0.2, -0.15) is 0 Å². The Hall–Kier alpha value is -0.610. The van der Waals surface area contributed by atoms with Crippen molar-refractivity contribution in [3.63, 3.8) is 0 Å². The van der Waals surface area contributed by atoms with E-state index in [-0.39, 0.29) is 6.10 Å². The minimum Gasteiger partial charge on any atom is -0.370 e. The normalized spacial score (nSPS) is 25.5. The first-order chi connectivity index (χ1) is 5.88. The maximum Gasteiger partial charge on any atom is 0.140 e. The summed E-state index contributed by atoms with van der Waals surface area (Å²) in [6.07, 6.45) is 3.49. The van der Waals surface area contributed by atoms with Gasteiger partial charge in [-0.15, -0.1) is 0 Å². The molecule has 70 valence electrons. The van der Waals surface area contributed by atoms with Crippen molar-refractivity contribution >= 4 is 5.84 Å². The van der Waals surface area contributed by atoms with Gasteiger partial charge < -0.3 is 10.2 Å². The van der Waals surface area contributed by atoms with E-state index in [0.717, 1.165) is 31.8 Å². The van der Waals surface area contributed by atoms with Crippen LogP contribution in [0.1, 0.15) is 26.2 Å². The lowest BCUT2D eigenvalue weighted by atomic mass is 10.1. The lowest BCUT2D eigenvalue weighted by Crippen LogP contribution is -2.42. The van der Waals surface area contributed by atoms with Crippen molar-refractivity contribution < 1.29 is 4.74 Å². The second-order valence-electron chi connectivity index (χ2n) is 2.86. The van der Waals surface area contributed by atoms with Crippen LogP contribution in [0.5, 0.6) is 0 Å². The monoisotopic (exact) mass is 171 g/mol. The van der Waals surface area contributed by atoms with Crippen LogP contribution >= 0.6 is 0 Å². The lowest BCUT2D eigenvalue weighted by Gasteiger charge is -2.23. The van der Waals surface area contributed by atoms with Crippen LogP contribution in [0.2, 0.25) is 0 Å². The molecule has 0 aromatic carbocycles. The number of aliphatic imine (C=N–C) groups is 1. The number of rotatable bonds is 2. The Labute approximate surface area is 73.2 Å². The molecule has 0 radical (unpaired) electrons. The molecule has 1 unspecified atom stereocenters. The lowest BCUT2D eigenvalue weighted by molar-refractivity contribution is 0.0564. The van der Waals surface area contributed by atoms with E-state index in [1.165, 1.54) is 6.42 Å². The van der Waals surface area contributed by atoms with Gasteiger partial charge in [-0.1, -0.05) is 0 Å². The van der Waals surface area contributed by atoms with Crippen molar-refractivity contribution in [2.45, 2.75) is 32.3 Å². The minimum atomic E-state index is 0.101. The summed E-state index contributed by atoms with van der Waals surface area (Å²) in [4.78, 5) is 4.22. The van der Waals surface area contributed by atoms with Crippen molar-refractivity contribution in [3.05, 3.63) is 0 Å². The molecule has 0 aromatic heterocycles. The number of ether oxygens (including phenoxy) is 1. The summed E-state index contributed by atoms with van der Waals surface area (Å²) < 4.78 is 5.51. The number of hydrogen-bond acceptors (Lipinski definition) is 3. The molecule has 12 heavy (non-hydrogen) atoms. The van der Waals surface area contributed by atoms with Gasteiger partial charge in [0.05, 0.1) is 0 Å². The fourth-order valence-electron chi connectivity index (χ4n) is 1.37. The zero-order valence-electron chi connectivity index (χ0n) is 7.55. The Balaban J connectivity index is 2.46. The van der Waals surface area contributed by atoms with E-state index in [1.807, 2.05) is 6.92 Å². The van der Waals surface area contributed by atoms with Gasteiger partial charge in [-0.3, -0.25) is 4.99 Å². The van der Waals surface area contributed by atoms with Gasteiger partial charge >= 0.3 is 0 Å². The fourth-order valence-corrected chi connectivity index (χ4v) is 1.37. The van der Waals surface area contributed by atoms with E-state index in [4.69, 9.17) is 10.6 Å². The quantitative estimate of drug-likeness (QED) is 0.274. The van der Waals surface area contributed by atoms with Crippen LogP contribution in [-0.4, -0.2) is 25.1 Å². The predicted octanol–water partition coefficient (Wildman–Crippen LogP) is 0.437. The number of nitrogens with zero attached hydrogens (tertiary/aromatic N) is 1. The van der Waals surface area contributed by atoms with Crippen molar-refractivity contribution in [1.29, 1.82) is 0 Å². The van der Waals surface area contributed by atoms with Gasteiger partial charge in [0.2, 0.25) is 0 Å². The molecule has 3 N–H and O–H groups in total. The average Bonchev–Trinajstić information content (AvgIpc) is 2.15. The molecule has 1 aliphatic heterocycles. The molecule has 1 fully saturated rings. The first-order valence-corrected chi connectivity index (χ1v) is 4.51. The summed E-state index contributed by atoms with van der Waals surface area (Å²) in [6, 6.07) is 0. The van der Waals surface area contributed by atoms with E-state index < -0.39 is 0 Å². The van der Waals surface area contributed by atoms with E-state index in [2.05, 4.69) is 10.4 Å². The fraction of sp³-hybridized carbons (Fsp3) is 0.875. The summed E-state index contributed by atoms with van der Waals surface area (Å²) in [7, 11) is 0. The first kappa shape index (κ1) is 9.48. The van der Waals surface area contributed by atoms with Gasteiger partial charge in [0.1, 0.15) is 11.9 Å². The van der Waals surface area contributed by atoms with E-state index in [0.29, 0.717) is 0 Å². The Morgan fingerprint density at radius 2 is 2.50 bits per heavy atom. The van der Waals surface area contributed by atoms with Crippen LogP contribution in [-0.2, 0) is 4.74 Å². The predicted molar refractivity (Wildman–Crippen MR) is 48.9 cm³/mol. The molecule has 0 aliphatic carbocycles. The highest BCUT2D eigenvalue weighted by Crippen LogP contribution is 2.12. The second-order valence-corrected chi connectivity index (χ2v) is 2.86. The van der Waals surface area contributed by atoms with Crippen LogP contribution in [0.15, 0.2) is 4.99 Å². The topological polar surface area (TPSA) is 59.6 Å². The summed E-state index contributed by atoms with van der Waals surface area (Å²) in [5.74, 6) is 6.12. The second kappa shape index (κ2) is 5.11. The molecular weight excluding hydrogens is 154 g/mol. The summed E-state index contributed by atoms with van der Waals surface area (Å²) in [6.45, 7) is 3.56. The van der Waals surface area contributed by atoms with Gasteiger partial charge in [0, 0.05) is 13.2 Å². The molecule has 1 heterocycles. The average molecular weight is 171 g/mol. The zero-order valence-corrected chi connectivity index (χ0v) is 7.55. The molecule has 4 nitrogen and oxygen atoms in total. The minimum absolute atomic E-state index is 0.101. The molecule has 0 amide bonds. The number of amidine groups is 1. The van der Waals surface area contributed by atoms with Crippen molar-refractivity contribution in [2.24, 2.45) is 10.8 Å². The molecule has 1 saturated heterocycles. The SMILES string of the molecule is CCN=C(NN)C1CCCCO1. The Morgan fingerprint density at radius 3 is 3.00 bits per heavy atom. The Kier molecular flexibility index (Phi) is 4.04. The molecule has 0 bridgehead atoms. The maximum atomic E-state index is 5.51. The highest BCUT2D eigenvalue weighted by atomic mass is 16.5. The largest absolute Gasteiger partial charge is 0.370 e. The third-order valence-corrected chi connectivity index (χ3v) is 1.96. The Bertz CT molecular complexity index is 152. The van der Waals surface area contributed by atoms with Crippen LogP contribution in [0, 0.1) is 0 Å². The number of hydrogen-bond donors (Lipinski definition) is 2. The van der Waals surface area contributed by atoms with Crippen LogP contribution in [0.25, 0.3) is 0 Å². The smallest absolute Gasteiger partial charge is 0.140 e. The third kappa shape index (κ3) is 2.46. The maximum absolute atomic E-state index is 5.51. The molecule has 1 aliphatic rings. The molecule has 0 spiro atoms. The van der Waals surface area contributed by atoms with E-state index in [9.17, 15) is 0 Å². The van der Waals surface area contributed by atoms with Crippen LogP contribution < -0.4 is 11.3 Å². The summed E-state index contributed by atoms with van der Waals surface area (Å²) in [5, 5.41) is 0. The number of hydrazine groups is 1. The van der Waals surface area contributed by atoms with Gasteiger partial charge in [0.15, 0.2) is 0 Å². The van der Waals surface area contributed by atoms with E-state index >= 15 is 0 Å². The molecule has 1 rings (SSSR count). The highest BCUT2D eigenvalue weighted by molar-refractivity contribution is 5.86. The van der Waals surface area contributed by atoms with Crippen LogP contribution in [0.3, 0.4) is 0 Å². The van der Waals surface area contributed by atoms with Gasteiger partial charge in [0.25, 0.3) is 0 Å². The standard InChI is InChI=1S/C8H17N3O/c1-2-10-8(11-9)7-5-3-4-6-12-7/h7H,2-6,9H2,1H3,(H,10,11). The first-order valence-electron chi connectivity index (χ1n) is 4.51.